The van der Waals surface area contributed by atoms with Crippen molar-refractivity contribution in [1.29, 1.82) is 0 Å². The van der Waals surface area contributed by atoms with E-state index in [1.807, 2.05) is 18.5 Å². The number of aromatic nitrogens is 1. The molecule has 0 spiro atoms. The highest BCUT2D eigenvalue weighted by Crippen LogP contribution is 2.27. The Morgan fingerprint density at radius 2 is 2.00 bits per heavy atom. The van der Waals surface area contributed by atoms with Crippen molar-refractivity contribution >= 4 is 0 Å². The second-order valence-corrected chi connectivity index (χ2v) is 4.99. The van der Waals surface area contributed by atoms with Crippen LogP contribution in [0.4, 0.5) is 0 Å². The van der Waals surface area contributed by atoms with Gasteiger partial charge in [0.05, 0.1) is 12.2 Å². The van der Waals surface area contributed by atoms with Gasteiger partial charge in [0.15, 0.2) is 0 Å². The monoisotopic (exact) mass is 265 g/mol. The lowest BCUT2D eigenvalue weighted by atomic mass is 10.0. The molecule has 19 heavy (non-hydrogen) atoms. The molecular weight excluding hydrogens is 242 g/mol. The molecule has 3 unspecified atom stereocenters. The highest BCUT2D eigenvalue weighted by atomic mass is 16.5. The van der Waals surface area contributed by atoms with Crippen LogP contribution in [-0.4, -0.2) is 55.9 Å². The van der Waals surface area contributed by atoms with Gasteiger partial charge in [-0.1, -0.05) is 0 Å². The second kappa shape index (κ2) is 6.43. The lowest BCUT2D eigenvalue weighted by Crippen LogP contribution is -2.33. The van der Waals surface area contributed by atoms with Gasteiger partial charge in [-0.15, -0.1) is 0 Å². The van der Waals surface area contributed by atoms with Gasteiger partial charge in [-0.05, 0) is 24.1 Å². The molecule has 0 radical (unpaired) electrons. The topological polar surface area (TPSA) is 60.6 Å². The van der Waals surface area contributed by atoms with Crippen molar-refractivity contribution in [3.63, 3.8) is 0 Å². The highest BCUT2D eigenvalue weighted by Gasteiger charge is 2.36. The molecule has 0 bridgehead atoms. The quantitative estimate of drug-likeness (QED) is 0.850. The van der Waals surface area contributed by atoms with Gasteiger partial charge in [-0.3, -0.25) is 9.88 Å². The van der Waals surface area contributed by atoms with E-state index in [0.29, 0.717) is 6.54 Å². The lowest BCUT2D eigenvalue weighted by molar-refractivity contribution is -0.00461. The molecule has 1 aliphatic heterocycles. The first kappa shape index (κ1) is 14.4. The Morgan fingerprint density at radius 1 is 1.37 bits per heavy atom. The Balaban J connectivity index is 2.18. The zero-order chi connectivity index (χ0) is 13.8. The van der Waals surface area contributed by atoms with E-state index in [0.717, 1.165) is 13.1 Å². The van der Waals surface area contributed by atoms with Crippen molar-refractivity contribution in [2.45, 2.75) is 25.2 Å². The molecule has 5 heteroatoms. The molecule has 1 aliphatic rings. The van der Waals surface area contributed by atoms with Crippen LogP contribution in [-0.2, 0) is 9.47 Å². The van der Waals surface area contributed by atoms with E-state index in [9.17, 15) is 0 Å². The molecule has 0 aliphatic carbocycles. The molecule has 2 N–H and O–H groups in total. The molecule has 2 heterocycles. The summed E-state index contributed by atoms with van der Waals surface area (Å²) in [4.78, 5) is 6.55. The van der Waals surface area contributed by atoms with Gasteiger partial charge in [-0.2, -0.15) is 0 Å². The van der Waals surface area contributed by atoms with Crippen LogP contribution >= 0.6 is 0 Å². The number of nitrogens with zero attached hydrogens (tertiary/aromatic N) is 2. The average molecular weight is 265 g/mol. The van der Waals surface area contributed by atoms with Crippen LogP contribution in [0, 0.1) is 6.92 Å². The minimum atomic E-state index is 0.107. The van der Waals surface area contributed by atoms with Crippen molar-refractivity contribution in [2.75, 3.05) is 33.9 Å². The van der Waals surface area contributed by atoms with E-state index in [4.69, 9.17) is 15.2 Å². The standard InChI is InChI=1S/C14H23N3O2/c1-10-4-5-16-7-11(10)12(6-15)17-8-13(18-2)14(9-17)19-3/h4-5,7,12-14H,6,8-9,15H2,1-3H3. The molecule has 3 atom stereocenters. The van der Waals surface area contributed by atoms with Crippen LogP contribution in [0.1, 0.15) is 17.2 Å². The third-order valence-corrected chi connectivity index (χ3v) is 3.95. The molecule has 0 aromatic carbocycles. The first-order valence-electron chi connectivity index (χ1n) is 6.61. The van der Waals surface area contributed by atoms with Crippen LogP contribution in [0.2, 0.25) is 0 Å². The summed E-state index contributed by atoms with van der Waals surface area (Å²) in [6, 6.07) is 2.20. The van der Waals surface area contributed by atoms with Gasteiger partial charge < -0.3 is 15.2 Å². The summed E-state index contributed by atoms with van der Waals surface area (Å²) in [6.45, 7) is 4.34. The number of pyridine rings is 1. The minimum Gasteiger partial charge on any atom is -0.377 e. The first-order valence-corrected chi connectivity index (χ1v) is 6.61. The van der Waals surface area contributed by atoms with Crippen LogP contribution in [0.5, 0.6) is 0 Å². The Morgan fingerprint density at radius 3 is 2.47 bits per heavy atom. The molecule has 1 saturated heterocycles. The molecule has 0 amide bonds. The van der Waals surface area contributed by atoms with Crippen molar-refractivity contribution in [1.82, 2.24) is 9.88 Å². The number of hydrogen-bond acceptors (Lipinski definition) is 5. The SMILES string of the molecule is COC1CN(C(CN)c2cnccc2C)CC1OC. The number of aryl methyl sites for hydroxylation is 1. The largest absolute Gasteiger partial charge is 0.377 e. The Kier molecular flexibility index (Phi) is 4.87. The zero-order valence-electron chi connectivity index (χ0n) is 11.9. The minimum absolute atomic E-state index is 0.107. The van der Waals surface area contributed by atoms with Gasteiger partial charge in [0, 0.05) is 52.3 Å². The van der Waals surface area contributed by atoms with Gasteiger partial charge in [0.1, 0.15) is 0 Å². The third kappa shape index (κ3) is 2.95. The van der Waals surface area contributed by atoms with E-state index in [1.54, 1.807) is 14.2 Å². The fourth-order valence-electron chi connectivity index (χ4n) is 2.78. The summed E-state index contributed by atoms with van der Waals surface area (Å²) in [5.74, 6) is 0. The number of hydrogen-bond donors (Lipinski definition) is 1. The second-order valence-electron chi connectivity index (χ2n) is 4.99. The number of rotatable bonds is 5. The normalized spacial score (nSPS) is 25.7. The number of likely N-dealkylation sites (tertiary alicyclic amines) is 1. The summed E-state index contributed by atoms with van der Waals surface area (Å²) < 4.78 is 11.0. The molecule has 5 nitrogen and oxygen atoms in total. The summed E-state index contributed by atoms with van der Waals surface area (Å²) in [5, 5.41) is 0. The van der Waals surface area contributed by atoms with E-state index in [2.05, 4.69) is 16.8 Å². The Hall–Kier alpha value is -1.01. The van der Waals surface area contributed by atoms with Crippen molar-refractivity contribution in [3.05, 3.63) is 29.6 Å². The van der Waals surface area contributed by atoms with Crippen LogP contribution in [0.3, 0.4) is 0 Å². The number of nitrogens with two attached hydrogens (primary N) is 1. The smallest absolute Gasteiger partial charge is 0.0972 e. The molecule has 106 valence electrons. The average Bonchev–Trinajstić information content (AvgIpc) is 2.85. The van der Waals surface area contributed by atoms with Crippen LogP contribution in [0.25, 0.3) is 0 Å². The maximum absolute atomic E-state index is 5.98. The summed E-state index contributed by atoms with van der Waals surface area (Å²) in [6.07, 6.45) is 3.94. The lowest BCUT2D eigenvalue weighted by Gasteiger charge is -2.27. The van der Waals surface area contributed by atoms with Crippen molar-refractivity contribution in [3.8, 4) is 0 Å². The predicted octanol–water partition coefficient (Wildman–Crippen LogP) is 0.735. The first-order chi connectivity index (χ1) is 9.21. The molecule has 2 rings (SSSR count). The van der Waals surface area contributed by atoms with Crippen molar-refractivity contribution in [2.24, 2.45) is 5.73 Å². The van der Waals surface area contributed by atoms with Crippen LogP contribution in [0.15, 0.2) is 18.5 Å². The van der Waals surface area contributed by atoms with Gasteiger partial charge in [-0.25, -0.2) is 0 Å². The number of methoxy groups -OCH3 is 2. The molecule has 1 fully saturated rings. The van der Waals surface area contributed by atoms with Gasteiger partial charge in [0.25, 0.3) is 0 Å². The summed E-state index contributed by atoms with van der Waals surface area (Å²) in [7, 11) is 3.46. The summed E-state index contributed by atoms with van der Waals surface area (Å²) >= 11 is 0. The van der Waals surface area contributed by atoms with E-state index in [1.165, 1.54) is 11.1 Å². The van der Waals surface area contributed by atoms with E-state index < -0.39 is 0 Å². The fraction of sp³-hybridized carbons (Fsp3) is 0.643. The van der Waals surface area contributed by atoms with E-state index >= 15 is 0 Å². The van der Waals surface area contributed by atoms with Crippen molar-refractivity contribution < 1.29 is 9.47 Å². The number of ether oxygens (including phenoxy) is 2. The molecule has 0 saturated carbocycles. The fourth-order valence-corrected chi connectivity index (χ4v) is 2.78. The molecule has 1 aromatic heterocycles. The zero-order valence-corrected chi connectivity index (χ0v) is 11.9. The Labute approximate surface area is 114 Å². The molecule has 1 aromatic rings. The van der Waals surface area contributed by atoms with Gasteiger partial charge >= 0.3 is 0 Å². The third-order valence-electron chi connectivity index (χ3n) is 3.95. The predicted molar refractivity (Wildman–Crippen MR) is 73.9 cm³/mol. The van der Waals surface area contributed by atoms with E-state index in [-0.39, 0.29) is 18.2 Å². The highest BCUT2D eigenvalue weighted by molar-refractivity contribution is 5.26. The Bertz CT molecular complexity index is 401. The molecular formula is C14H23N3O2. The van der Waals surface area contributed by atoms with Gasteiger partial charge in [0.2, 0.25) is 0 Å². The maximum Gasteiger partial charge on any atom is 0.0972 e. The summed E-state index contributed by atoms with van der Waals surface area (Å²) in [5.41, 5.74) is 8.39. The maximum atomic E-state index is 5.98. The van der Waals surface area contributed by atoms with Crippen LogP contribution < -0.4 is 5.73 Å².